The molecule has 1 aliphatic rings. The molecule has 1 N–H and O–H groups in total. The fourth-order valence-corrected chi connectivity index (χ4v) is 6.85. The highest BCUT2D eigenvalue weighted by atomic mass is 127. The van der Waals surface area contributed by atoms with E-state index in [0.29, 0.717) is 21.2 Å². The van der Waals surface area contributed by atoms with Crippen molar-refractivity contribution >= 4 is 34.7 Å². The Bertz CT molecular complexity index is 1710. The number of rotatable bonds is 15. The molecule has 1 saturated heterocycles. The summed E-state index contributed by atoms with van der Waals surface area (Å²) in [5.74, 6) is 2.73. The summed E-state index contributed by atoms with van der Waals surface area (Å²) in [5.41, 5.74) is 1.06. The van der Waals surface area contributed by atoms with Gasteiger partial charge in [-0.2, -0.15) is 4.98 Å². The normalized spacial score (nSPS) is 17.9. The van der Waals surface area contributed by atoms with E-state index in [-0.39, 0.29) is 13.0 Å². The summed E-state index contributed by atoms with van der Waals surface area (Å²) in [6, 6.07) is 25.5. The fourth-order valence-electron chi connectivity index (χ4n) is 6.29. The van der Waals surface area contributed by atoms with E-state index in [1.165, 1.54) is 4.57 Å². The molecule has 5 rings (SSSR count). The topological polar surface area (TPSA) is 108 Å². The molecule has 0 saturated carbocycles. The molecule has 0 aliphatic carbocycles. The van der Waals surface area contributed by atoms with E-state index < -0.39 is 29.7 Å². The number of hydrogen-bond donors (Lipinski definition) is 1. The fraction of sp³-hybridized carbons (Fsp3) is 0.410. The summed E-state index contributed by atoms with van der Waals surface area (Å²) >= 11 is 2.14. The molecule has 3 aromatic carbocycles. The second kappa shape index (κ2) is 17.0. The van der Waals surface area contributed by atoms with Crippen LogP contribution in [-0.4, -0.2) is 72.0 Å². The van der Waals surface area contributed by atoms with Gasteiger partial charge in [-0.3, -0.25) is 4.57 Å². The average Bonchev–Trinajstić information content (AvgIpc) is 3.48. The molecular weight excluding hydrogens is 747 g/mol. The zero-order valence-electron chi connectivity index (χ0n) is 29.5. The molecule has 266 valence electrons. The quantitative estimate of drug-likeness (QED) is 0.0607. The van der Waals surface area contributed by atoms with E-state index in [1.54, 1.807) is 26.8 Å². The Morgan fingerprint density at radius 3 is 2.00 bits per heavy atom. The van der Waals surface area contributed by atoms with Crippen molar-refractivity contribution in [3.05, 3.63) is 116 Å². The third-order valence-electron chi connectivity index (χ3n) is 8.58. The summed E-state index contributed by atoms with van der Waals surface area (Å²) in [7, 11) is 3.26. The van der Waals surface area contributed by atoms with E-state index >= 15 is 0 Å². The number of halogens is 1. The molecule has 2 heterocycles. The van der Waals surface area contributed by atoms with E-state index in [9.17, 15) is 9.90 Å². The Morgan fingerprint density at radius 1 is 0.940 bits per heavy atom. The smallest absolute Gasteiger partial charge is 0.351 e. The Labute approximate surface area is 308 Å². The van der Waals surface area contributed by atoms with Crippen molar-refractivity contribution in [3.8, 4) is 11.5 Å². The maximum Gasteiger partial charge on any atom is 0.351 e. The second-order valence-electron chi connectivity index (χ2n) is 13.3. The zero-order chi connectivity index (χ0) is 35.8. The summed E-state index contributed by atoms with van der Waals surface area (Å²) < 4.78 is 26.4. The molecule has 0 bridgehead atoms. The lowest BCUT2D eigenvalue weighted by molar-refractivity contribution is -0.0944. The SMILES string of the molecule is COc1ccc(C(OCC2OC(n3cc(I)c(N=CN(CC(C)C)CC(C)C)nc3=O)CC2O)(c2ccccc2)c2ccc(OC)cc2)cc1. The average molecular weight is 795 g/mol. The van der Waals surface area contributed by atoms with Gasteiger partial charge in [0.25, 0.3) is 0 Å². The third-order valence-corrected chi connectivity index (χ3v) is 9.34. The van der Waals surface area contributed by atoms with Crippen molar-refractivity contribution in [2.45, 2.75) is 58.2 Å². The Hall–Kier alpha value is -3.78. The summed E-state index contributed by atoms with van der Waals surface area (Å²) in [5, 5.41) is 11.3. The standard InChI is InChI=1S/C39H47IN4O6/c1-26(2)21-43(22-27(3)4)25-41-37-33(40)23-44(38(46)42-37)36-20-34(45)35(50-36)24-49-39(28-10-8-7-9-11-28,29-12-16-31(47-5)17-13-29)30-14-18-32(48-6)19-15-30/h7-19,23,25-27,34-36,45H,20-22,24H2,1-6H3. The molecule has 0 amide bonds. The number of aliphatic hydroxyl groups excluding tert-OH is 1. The number of methoxy groups -OCH3 is 2. The van der Waals surface area contributed by atoms with Crippen molar-refractivity contribution in [3.63, 3.8) is 0 Å². The van der Waals surface area contributed by atoms with Crippen molar-refractivity contribution < 1.29 is 24.1 Å². The Kier molecular flexibility index (Phi) is 12.7. The highest BCUT2D eigenvalue weighted by Gasteiger charge is 2.42. The molecule has 4 aromatic rings. The molecule has 1 aromatic heterocycles. The van der Waals surface area contributed by atoms with Gasteiger partial charge >= 0.3 is 5.69 Å². The molecule has 1 fully saturated rings. The van der Waals surface area contributed by atoms with Crippen LogP contribution >= 0.6 is 22.6 Å². The molecule has 3 unspecified atom stereocenters. The first-order chi connectivity index (χ1) is 24.0. The minimum Gasteiger partial charge on any atom is -0.497 e. The van der Waals surface area contributed by atoms with Gasteiger partial charge < -0.3 is 29.0 Å². The number of hydrogen-bond acceptors (Lipinski definition) is 8. The summed E-state index contributed by atoms with van der Waals surface area (Å²) in [4.78, 5) is 24.3. The van der Waals surface area contributed by atoms with Gasteiger partial charge in [0.2, 0.25) is 0 Å². The van der Waals surface area contributed by atoms with E-state index in [2.05, 4.69) is 65.2 Å². The van der Waals surface area contributed by atoms with Gasteiger partial charge in [-0.05, 0) is 75.4 Å². The van der Waals surface area contributed by atoms with Crippen molar-refractivity contribution in [2.75, 3.05) is 33.9 Å². The molecule has 1 aliphatic heterocycles. The first-order valence-electron chi connectivity index (χ1n) is 16.9. The van der Waals surface area contributed by atoms with Crippen molar-refractivity contribution in [1.29, 1.82) is 0 Å². The minimum atomic E-state index is -1.08. The zero-order valence-corrected chi connectivity index (χ0v) is 31.7. The molecule has 0 spiro atoms. The Morgan fingerprint density at radius 2 is 1.48 bits per heavy atom. The van der Waals surface area contributed by atoms with E-state index in [0.717, 1.165) is 41.3 Å². The lowest BCUT2D eigenvalue weighted by atomic mass is 9.80. The third kappa shape index (κ3) is 8.74. The van der Waals surface area contributed by atoms with E-state index in [1.807, 2.05) is 78.9 Å². The van der Waals surface area contributed by atoms with Gasteiger partial charge in [0.1, 0.15) is 29.4 Å². The van der Waals surface area contributed by atoms with Crippen LogP contribution in [0.2, 0.25) is 0 Å². The molecule has 50 heavy (non-hydrogen) atoms. The van der Waals surface area contributed by atoms with Crippen molar-refractivity contribution in [2.24, 2.45) is 16.8 Å². The van der Waals surface area contributed by atoms with Crippen LogP contribution in [0.5, 0.6) is 11.5 Å². The Balaban J connectivity index is 1.42. The predicted octanol–water partition coefficient (Wildman–Crippen LogP) is 6.80. The monoisotopic (exact) mass is 794 g/mol. The van der Waals surface area contributed by atoms with E-state index in [4.69, 9.17) is 18.9 Å². The first-order valence-corrected chi connectivity index (χ1v) is 18.0. The lowest BCUT2D eigenvalue weighted by Gasteiger charge is -2.37. The predicted molar refractivity (Wildman–Crippen MR) is 203 cm³/mol. The van der Waals surface area contributed by atoms with Gasteiger partial charge in [0.15, 0.2) is 5.82 Å². The summed E-state index contributed by atoms with van der Waals surface area (Å²) in [6.45, 7) is 10.4. The van der Waals surface area contributed by atoms with Crippen LogP contribution in [0.1, 0.15) is 57.0 Å². The molecule has 3 atom stereocenters. The maximum atomic E-state index is 13.3. The van der Waals surface area contributed by atoms with Crippen LogP contribution in [-0.2, 0) is 15.1 Å². The molecule has 10 nitrogen and oxygen atoms in total. The number of aliphatic hydroxyl groups is 1. The summed E-state index contributed by atoms with van der Waals surface area (Å²) in [6.07, 6.45) is 1.35. The van der Waals surface area contributed by atoms with Gasteiger partial charge in [-0.1, -0.05) is 82.3 Å². The van der Waals surface area contributed by atoms with Crippen LogP contribution < -0.4 is 15.2 Å². The maximum absolute atomic E-state index is 13.3. The first kappa shape index (κ1) is 37.5. The van der Waals surface area contributed by atoms with Crippen LogP contribution in [0.4, 0.5) is 5.82 Å². The molecular formula is C39H47IN4O6. The minimum absolute atomic E-state index is 0.0355. The lowest BCUT2D eigenvalue weighted by Crippen LogP contribution is -2.38. The van der Waals surface area contributed by atoms with Crippen molar-refractivity contribution in [1.82, 2.24) is 14.5 Å². The van der Waals surface area contributed by atoms with Gasteiger partial charge in [0.05, 0.1) is 36.8 Å². The van der Waals surface area contributed by atoms with Crippen LogP contribution in [0, 0.1) is 15.4 Å². The van der Waals surface area contributed by atoms with Gasteiger partial charge in [0, 0.05) is 25.7 Å². The van der Waals surface area contributed by atoms with Crippen LogP contribution in [0.25, 0.3) is 0 Å². The molecule has 11 heteroatoms. The van der Waals surface area contributed by atoms with Gasteiger partial charge in [-0.25, -0.2) is 9.79 Å². The number of benzene rings is 3. The second-order valence-corrected chi connectivity index (χ2v) is 14.5. The highest BCUT2D eigenvalue weighted by molar-refractivity contribution is 14.1. The number of nitrogens with zero attached hydrogens (tertiary/aromatic N) is 4. The van der Waals surface area contributed by atoms with Crippen LogP contribution in [0.3, 0.4) is 0 Å². The number of aromatic nitrogens is 2. The van der Waals surface area contributed by atoms with Gasteiger partial charge in [-0.15, -0.1) is 0 Å². The van der Waals surface area contributed by atoms with Crippen LogP contribution in [0.15, 0.2) is 94.8 Å². The highest BCUT2D eigenvalue weighted by Crippen LogP contribution is 2.42. The number of ether oxygens (including phenoxy) is 4. The molecule has 0 radical (unpaired) electrons. The number of aliphatic imine (C=N–C) groups is 1. The largest absolute Gasteiger partial charge is 0.497 e.